The average Bonchev–Trinajstić information content (AvgIpc) is 2.70. The molecule has 18 heavy (non-hydrogen) atoms. The van der Waals surface area contributed by atoms with Crippen molar-refractivity contribution in [2.75, 3.05) is 6.54 Å². The van der Waals surface area contributed by atoms with Crippen LogP contribution in [-0.4, -0.2) is 29.3 Å². The Morgan fingerprint density at radius 3 is 2.67 bits per heavy atom. The normalized spacial score (nSPS) is 13.8. The van der Waals surface area contributed by atoms with Crippen molar-refractivity contribution in [3.05, 3.63) is 12.0 Å². The lowest BCUT2D eigenvalue weighted by atomic mass is 10.2. The maximum absolute atomic E-state index is 12.0. The molecule has 5 nitrogen and oxygen atoms in total. The van der Waals surface area contributed by atoms with Crippen LogP contribution in [-0.2, 0) is 16.6 Å². The van der Waals surface area contributed by atoms with E-state index in [9.17, 15) is 8.42 Å². The standard InChI is InChI=1S/C11H20BrN3O2S/c1-4-10(12)6-7-13-18(16,17)11-8-15(5-2)9(3)14-11/h8,10,13H,4-7H2,1-3H3. The summed E-state index contributed by atoms with van der Waals surface area (Å²) in [5, 5.41) is 0.101. The van der Waals surface area contributed by atoms with Gasteiger partial charge in [-0.2, -0.15) is 0 Å². The maximum atomic E-state index is 12.0. The lowest BCUT2D eigenvalue weighted by molar-refractivity contribution is 0.574. The fourth-order valence-corrected chi connectivity index (χ4v) is 2.84. The molecule has 1 unspecified atom stereocenters. The number of hydrogen-bond donors (Lipinski definition) is 1. The molecule has 1 atom stereocenters. The van der Waals surface area contributed by atoms with Gasteiger partial charge in [0.1, 0.15) is 5.82 Å². The number of sulfonamides is 1. The third-order valence-corrected chi connectivity index (χ3v) is 5.20. The van der Waals surface area contributed by atoms with E-state index in [1.54, 1.807) is 13.1 Å². The summed E-state index contributed by atoms with van der Waals surface area (Å²) in [6.45, 7) is 6.95. The number of aryl methyl sites for hydroxylation is 2. The summed E-state index contributed by atoms with van der Waals surface area (Å²) in [6.07, 6.45) is 3.32. The van der Waals surface area contributed by atoms with E-state index < -0.39 is 10.0 Å². The van der Waals surface area contributed by atoms with Crippen LogP contribution in [0.5, 0.6) is 0 Å². The first kappa shape index (κ1) is 15.7. The van der Waals surface area contributed by atoms with Crippen LogP contribution in [0, 0.1) is 6.92 Å². The van der Waals surface area contributed by atoms with Crippen LogP contribution >= 0.6 is 15.9 Å². The SMILES string of the molecule is CCC(Br)CCNS(=O)(=O)c1cn(CC)c(C)n1. The molecular weight excluding hydrogens is 318 g/mol. The number of halogens is 1. The molecule has 0 aliphatic heterocycles. The first-order chi connectivity index (χ1) is 8.40. The molecule has 0 fully saturated rings. The smallest absolute Gasteiger partial charge is 0.259 e. The van der Waals surface area contributed by atoms with Crippen LogP contribution in [0.2, 0.25) is 0 Å². The van der Waals surface area contributed by atoms with Crippen molar-refractivity contribution in [3.8, 4) is 0 Å². The molecule has 0 saturated heterocycles. The second-order valence-electron chi connectivity index (χ2n) is 4.10. The second kappa shape index (κ2) is 6.68. The van der Waals surface area contributed by atoms with Crippen LogP contribution in [0.25, 0.3) is 0 Å². The van der Waals surface area contributed by atoms with Gasteiger partial charge in [0.05, 0.1) is 0 Å². The van der Waals surface area contributed by atoms with Crippen molar-refractivity contribution < 1.29 is 8.42 Å². The van der Waals surface area contributed by atoms with E-state index in [-0.39, 0.29) is 5.03 Å². The Morgan fingerprint density at radius 2 is 2.17 bits per heavy atom. The Bertz CT molecular complexity index is 484. The highest BCUT2D eigenvalue weighted by Crippen LogP contribution is 2.11. The van der Waals surface area contributed by atoms with Crippen LogP contribution in [0.4, 0.5) is 0 Å². The molecular formula is C11H20BrN3O2S. The highest BCUT2D eigenvalue weighted by Gasteiger charge is 2.18. The Kier molecular flexibility index (Phi) is 5.81. The maximum Gasteiger partial charge on any atom is 0.259 e. The number of nitrogens with one attached hydrogen (secondary N) is 1. The van der Waals surface area contributed by atoms with Gasteiger partial charge in [0.25, 0.3) is 10.0 Å². The van der Waals surface area contributed by atoms with Crippen molar-refractivity contribution >= 4 is 26.0 Å². The molecule has 1 heterocycles. The predicted molar refractivity (Wildman–Crippen MR) is 75.4 cm³/mol. The highest BCUT2D eigenvalue weighted by atomic mass is 79.9. The average molecular weight is 338 g/mol. The van der Waals surface area contributed by atoms with Crippen LogP contribution < -0.4 is 4.72 Å². The van der Waals surface area contributed by atoms with Gasteiger partial charge in [0, 0.05) is 24.1 Å². The third-order valence-electron chi connectivity index (χ3n) is 2.76. The first-order valence-corrected chi connectivity index (χ1v) is 8.48. The second-order valence-corrected chi connectivity index (χ2v) is 7.11. The number of imidazole rings is 1. The van der Waals surface area contributed by atoms with Gasteiger partial charge in [-0.25, -0.2) is 18.1 Å². The molecule has 1 rings (SSSR count). The molecule has 0 aromatic carbocycles. The minimum atomic E-state index is -3.48. The Balaban J connectivity index is 2.68. The van der Waals surface area contributed by atoms with E-state index in [2.05, 4.69) is 32.6 Å². The van der Waals surface area contributed by atoms with Crippen molar-refractivity contribution in [2.45, 2.75) is 50.0 Å². The van der Waals surface area contributed by atoms with E-state index in [0.717, 1.165) is 12.8 Å². The van der Waals surface area contributed by atoms with Crippen molar-refractivity contribution in [1.29, 1.82) is 0 Å². The fourth-order valence-electron chi connectivity index (χ4n) is 1.56. The van der Waals surface area contributed by atoms with Gasteiger partial charge >= 0.3 is 0 Å². The number of hydrogen-bond acceptors (Lipinski definition) is 3. The summed E-state index contributed by atoms with van der Waals surface area (Å²) in [6, 6.07) is 0. The fraction of sp³-hybridized carbons (Fsp3) is 0.727. The zero-order valence-corrected chi connectivity index (χ0v) is 13.4. The predicted octanol–water partition coefficient (Wildman–Crippen LogP) is 2.05. The zero-order valence-electron chi connectivity index (χ0n) is 11.0. The van der Waals surface area contributed by atoms with E-state index in [1.165, 1.54) is 0 Å². The summed E-state index contributed by atoms with van der Waals surface area (Å²) < 4.78 is 28.3. The molecule has 104 valence electrons. The van der Waals surface area contributed by atoms with Gasteiger partial charge in [-0.05, 0) is 26.7 Å². The van der Waals surface area contributed by atoms with E-state index in [0.29, 0.717) is 23.7 Å². The minimum absolute atomic E-state index is 0.101. The number of rotatable bonds is 7. The van der Waals surface area contributed by atoms with Gasteiger partial charge in [-0.15, -0.1) is 0 Å². The van der Waals surface area contributed by atoms with Crippen molar-refractivity contribution in [3.63, 3.8) is 0 Å². The molecule has 1 aromatic heterocycles. The van der Waals surface area contributed by atoms with Gasteiger partial charge in [-0.1, -0.05) is 22.9 Å². The third kappa shape index (κ3) is 4.07. The van der Waals surface area contributed by atoms with E-state index in [4.69, 9.17) is 0 Å². The van der Waals surface area contributed by atoms with Gasteiger partial charge in [0.2, 0.25) is 0 Å². The molecule has 0 aliphatic rings. The Hall–Kier alpha value is -0.400. The van der Waals surface area contributed by atoms with Crippen LogP contribution in [0.1, 0.15) is 32.5 Å². The Morgan fingerprint density at radius 1 is 1.50 bits per heavy atom. The molecule has 1 aromatic rings. The lowest BCUT2D eigenvalue weighted by Gasteiger charge is -2.07. The molecule has 0 saturated carbocycles. The quantitative estimate of drug-likeness (QED) is 0.774. The first-order valence-electron chi connectivity index (χ1n) is 6.08. The monoisotopic (exact) mass is 337 g/mol. The molecule has 0 radical (unpaired) electrons. The van der Waals surface area contributed by atoms with Crippen LogP contribution in [0.3, 0.4) is 0 Å². The lowest BCUT2D eigenvalue weighted by Crippen LogP contribution is -2.26. The van der Waals surface area contributed by atoms with Gasteiger partial charge in [-0.3, -0.25) is 0 Å². The summed E-state index contributed by atoms with van der Waals surface area (Å²) in [4.78, 5) is 4.41. The molecule has 0 spiro atoms. The molecule has 0 aliphatic carbocycles. The molecule has 0 amide bonds. The summed E-state index contributed by atoms with van der Waals surface area (Å²) in [5.74, 6) is 0.713. The molecule has 7 heteroatoms. The molecule has 1 N–H and O–H groups in total. The summed E-state index contributed by atoms with van der Waals surface area (Å²) in [7, 11) is -3.48. The van der Waals surface area contributed by atoms with E-state index in [1.807, 2.05) is 11.5 Å². The largest absolute Gasteiger partial charge is 0.334 e. The van der Waals surface area contributed by atoms with Crippen LogP contribution in [0.15, 0.2) is 11.2 Å². The van der Waals surface area contributed by atoms with Crippen molar-refractivity contribution in [1.82, 2.24) is 14.3 Å². The zero-order chi connectivity index (χ0) is 13.8. The summed E-state index contributed by atoms with van der Waals surface area (Å²) in [5.41, 5.74) is 0. The van der Waals surface area contributed by atoms with Gasteiger partial charge < -0.3 is 4.57 Å². The van der Waals surface area contributed by atoms with Gasteiger partial charge in [0.15, 0.2) is 5.03 Å². The molecule has 0 bridgehead atoms. The topological polar surface area (TPSA) is 64.0 Å². The number of alkyl halides is 1. The number of aromatic nitrogens is 2. The minimum Gasteiger partial charge on any atom is -0.334 e. The number of nitrogens with zero attached hydrogens (tertiary/aromatic N) is 2. The summed E-state index contributed by atoms with van der Waals surface area (Å²) >= 11 is 3.47. The van der Waals surface area contributed by atoms with Crippen molar-refractivity contribution in [2.24, 2.45) is 0 Å². The highest BCUT2D eigenvalue weighted by molar-refractivity contribution is 9.09. The Labute approximate surface area is 117 Å². The van der Waals surface area contributed by atoms with E-state index >= 15 is 0 Å².